The molecule has 7 nitrogen and oxygen atoms in total. The second-order valence-corrected chi connectivity index (χ2v) is 13.0. The third kappa shape index (κ3) is 3.97. The Balaban J connectivity index is 1.72. The van der Waals surface area contributed by atoms with Gasteiger partial charge >= 0.3 is 0 Å². The molecule has 2 aromatic carbocycles. The number of aromatic hydroxyl groups is 2. The van der Waals surface area contributed by atoms with Gasteiger partial charge in [0.2, 0.25) is 0 Å². The summed E-state index contributed by atoms with van der Waals surface area (Å²) in [4.78, 5) is 12.4. The minimum absolute atomic E-state index is 0.0260. The van der Waals surface area contributed by atoms with Gasteiger partial charge in [-0.15, -0.1) is 11.8 Å². The lowest BCUT2D eigenvalue weighted by molar-refractivity contribution is 0.473. The van der Waals surface area contributed by atoms with Gasteiger partial charge in [-0.1, -0.05) is 17.4 Å². The summed E-state index contributed by atoms with van der Waals surface area (Å²) in [6, 6.07) is 9.77. The monoisotopic (exact) mass is 482 g/mol. The second kappa shape index (κ2) is 7.41. The molecule has 1 aliphatic heterocycles. The first-order valence-corrected chi connectivity index (χ1v) is 13.5. The molecule has 0 atom stereocenters. The molecule has 1 aliphatic rings. The van der Waals surface area contributed by atoms with E-state index in [-0.39, 0.29) is 22.2 Å². The zero-order chi connectivity index (χ0) is 21.7. The van der Waals surface area contributed by atoms with E-state index in [0.717, 1.165) is 6.07 Å². The summed E-state index contributed by atoms with van der Waals surface area (Å²) in [6.07, 6.45) is 1.39. The van der Waals surface area contributed by atoms with Crippen molar-refractivity contribution in [2.45, 2.75) is 9.79 Å². The molecule has 156 valence electrons. The molecule has 0 unspecified atom stereocenters. The number of phenols is 2. The van der Waals surface area contributed by atoms with Crippen LogP contribution in [0.15, 0.2) is 62.0 Å². The maximum atomic E-state index is 12.8. The van der Waals surface area contributed by atoms with Gasteiger partial charge in [0.1, 0.15) is 16.4 Å². The average Bonchev–Trinajstić information content (AvgIpc) is 2.65. The Hall–Kier alpha value is -2.34. The molecule has 4 rings (SSSR count). The van der Waals surface area contributed by atoms with Crippen LogP contribution in [0.4, 0.5) is 0 Å². The van der Waals surface area contributed by atoms with E-state index in [1.807, 2.05) is 0 Å². The van der Waals surface area contributed by atoms with Crippen molar-refractivity contribution in [2.24, 2.45) is 0 Å². The number of hydrogen-bond donors (Lipinski definition) is 2. The lowest BCUT2D eigenvalue weighted by Crippen LogP contribution is -2.23. The number of fused-ring (bicyclic) bond motifs is 2. The summed E-state index contributed by atoms with van der Waals surface area (Å²) < 4.78 is 50.9. The number of rotatable bonds is 4. The third-order valence-corrected chi connectivity index (χ3v) is 11.3. The third-order valence-electron chi connectivity index (χ3n) is 4.42. The maximum Gasteiger partial charge on any atom is 0.251 e. The van der Waals surface area contributed by atoms with E-state index in [2.05, 4.69) is 0 Å². The summed E-state index contributed by atoms with van der Waals surface area (Å²) in [5, 5.41) is 18.2. The zero-order valence-corrected chi connectivity index (χ0v) is 18.4. The molecule has 2 N–H and O–H groups in total. The smallest absolute Gasteiger partial charge is 0.251 e. The molecule has 0 amide bonds. The molecule has 0 aliphatic carbocycles. The van der Waals surface area contributed by atoms with Gasteiger partial charge in [0.15, 0.2) is 24.8 Å². The normalized spacial score (nSPS) is 14.3. The molecule has 0 spiro atoms. The van der Waals surface area contributed by atoms with Crippen molar-refractivity contribution in [2.75, 3.05) is 10.8 Å². The Morgan fingerprint density at radius 3 is 2.37 bits per heavy atom. The highest BCUT2D eigenvalue weighted by atomic mass is 32.3. The quantitative estimate of drug-likeness (QED) is 0.581. The number of hydrogen-bond acceptors (Lipinski definition) is 9. The van der Waals surface area contributed by atoms with Crippen LogP contribution >= 0.6 is 23.1 Å². The standard InChI is InChI=1S/C19H14O7S4/c20-13-3-1-11-5-15(9-27-16(11)7-13)29(23,24)10-30(25,26)18-6-12-2-4-14(21)8-17(12)28-19(18)22/h1-8,20-21H,9-10H2. The molecule has 3 aromatic rings. The zero-order valence-electron chi connectivity index (χ0n) is 15.1. The summed E-state index contributed by atoms with van der Waals surface area (Å²) in [5.41, 5.74) is 0.567. The summed E-state index contributed by atoms with van der Waals surface area (Å²) in [6.45, 7) is 0. The molecule has 0 saturated carbocycles. The minimum atomic E-state index is -4.43. The van der Waals surface area contributed by atoms with Gasteiger partial charge in [0.05, 0.1) is 4.91 Å². The van der Waals surface area contributed by atoms with Crippen LogP contribution in [-0.4, -0.2) is 37.9 Å². The molecular formula is C19H14O7S4. The van der Waals surface area contributed by atoms with Gasteiger partial charge < -0.3 is 10.2 Å². The highest BCUT2D eigenvalue weighted by Gasteiger charge is 2.31. The maximum absolute atomic E-state index is 12.8. The van der Waals surface area contributed by atoms with Gasteiger partial charge in [-0.25, -0.2) is 16.8 Å². The lowest BCUT2D eigenvalue weighted by Gasteiger charge is -2.16. The van der Waals surface area contributed by atoms with Crippen LogP contribution in [0.1, 0.15) is 5.56 Å². The van der Waals surface area contributed by atoms with Gasteiger partial charge in [0.25, 0.3) is 4.74 Å². The van der Waals surface area contributed by atoms with Crippen LogP contribution in [0.2, 0.25) is 0 Å². The highest BCUT2D eigenvalue weighted by Crippen LogP contribution is 2.36. The van der Waals surface area contributed by atoms with E-state index in [1.54, 1.807) is 6.07 Å². The molecular weight excluding hydrogens is 468 g/mol. The van der Waals surface area contributed by atoms with Crippen LogP contribution in [-0.2, 0) is 19.7 Å². The first kappa shape index (κ1) is 20.9. The molecule has 0 radical (unpaired) electrons. The van der Waals surface area contributed by atoms with Crippen molar-refractivity contribution in [1.29, 1.82) is 0 Å². The van der Waals surface area contributed by atoms with E-state index in [0.29, 0.717) is 31.9 Å². The predicted molar refractivity (Wildman–Crippen MR) is 118 cm³/mol. The van der Waals surface area contributed by atoms with E-state index in [1.165, 1.54) is 48.2 Å². The van der Waals surface area contributed by atoms with E-state index in [4.69, 9.17) is 0 Å². The number of phenolic OH excluding ortho intramolecular Hbond substituents is 2. The lowest BCUT2D eigenvalue weighted by atomic mass is 10.2. The Morgan fingerprint density at radius 2 is 1.60 bits per heavy atom. The van der Waals surface area contributed by atoms with E-state index < -0.39 is 34.4 Å². The summed E-state index contributed by atoms with van der Waals surface area (Å²) >= 11 is 1.81. The van der Waals surface area contributed by atoms with Crippen LogP contribution in [0, 0.1) is 0 Å². The fourth-order valence-corrected chi connectivity index (χ4v) is 9.63. The summed E-state index contributed by atoms with van der Waals surface area (Å²) in [7, 11) is -8.63. The molecule has 2 heterocycles. The van der Waals surface area contributed by atoms with Gasteiger partial charge in [-0.05, 0) is 53.4 Å². The fraction of sp³-hybridized carbons (Fsp3) is 0.105. The van der Waals surface area contributed by atoms with Crippen LogP contribution in [0.5, 0.6) is 11.5 Å². The highest BCUT2D eigenvalue weighted by molar-refractivity contribution is 8.11. The van der Waals surface area contributed by atoms with Gasteiger partial charge in [0, 0.05) is 15.3 Å². The van der Waals surface area contributed by atoms with E-state index >= 15 is 0 Å². The SMILES string of the molecule is O=c1sc2cc(O)ccc2cc1S(=O)(=O)CS(=O)(=O)C1=Cc2ccc(O)cc2SC1. The predicted octanol–water partition coefficient (Wildman–Crippen LogP) is 2.97. The molecule has 0 bridgehead atoms. The Morgan fingerprint density at radius 1 is 0.900 bits per heavy atom. The van der Waals surface area contributed by atoms with Gasteiger partial charge in [-0.2, -0.15) is 0 Å². The largest absolute Gasteiger partial charge is 0.508 e. The average molecular weight is 483 g/mol. The first-order chi connectivity index (χ1) is 14.0. The van der Waals surface area contributed by atoms with Crippen molar-refractivity contribution in [3.8, 4) is 11.5 Å². The first-order valence-electron chi connectivity index (χ1n) is 8.44. The Labute approximate surface area is 180 Å². The molecule has 30 heavy (non-hydrogen) atoms. The van der Waals surface area contributed by atoms with Crippen molar-refractivity contribution in [3.05, 3.63) is 62.5 Å². The molecule has 0 saturated heterocycles. The van der Waals surface area contributed by atoms with Gasteiger partial charge in [-0.3, -0.25) is 4.79 Å². The second-order valence-electron chi connectivity index (χ2n) is 6.59. The molecule has 1 aromatic heterocycles. The topological polar surface area (TPSA) is 126 Å². The van der Waals surface area contributed by atoms with Crippen LogP contribution in [0.25, 0.3) is 16.2 Å². The Bertz CT molecular complexity index is 1480. The van der Waals surface area contributed by atoms with Crippen LogP contribution in [0.3, 0.4) is 0 Å². The summed E-state index contributed by atoms with van der Waals surface area (Å²) in [5.74, 6) is 0.0158. The van der Waals surface area contributed by atoms with Crippen molar-refractivity contribution < 1.29 is 27.0 Å². The Kier molecular flexibility index (Phi) is 5.17. The van der Waals surface area contributed by atoms with Crippen molar-refractivity contribution in [1.82, 2.24) is 0 Å². The number of thioether (sulfide) groups is 1. The van der Waals surface area contributed by atoms with E-state index in [9.17, 15) is 31.8 Å². The molecule has 0 fully saturated rings. The minimum Gasteiger partial charge on any atom is -0.508 e. The fourth-order valence-electron chi connectivity index (χ4n) is 2.95. The van der Waals surface area contributed by atoms with Crippen LogP contribution < -0.4 is 4.74 Å². The number of benzene rings is 2. The molecule has 11 heteroatoms. The number of sulfone groups is 2. The van der Waals surface area contributed by atoms with Crippen molar-refractivity contribution in [3.63, 3.8) is 0 Å². The van der Waals surface area contributed by atoms with Crippen molar-refractivity contribution >= 4 is 58.9 Å².